The van der Waals surface area contributed by atoms with E-state index in [0.717, 1.165) is 24.3 Å². The second-order valence-corrected chi connectivity index (χ2v) is 9.04. The molecule has 4 saturated carbocycles. The van der Waals surface area contributed by atoms with E-state index in [4.69, 9.17) is 0 Å². The molecule has 0 saturated heterocycles. The number of hydrogen-bond acceptors (Lipinski definition) is 1. The molecular formula is C21H31N2O+. The van der Waals surface area contributed by atoms with Gasteiger partial charge in [0.1, 0.15) is 6.54 Å². The Morgan fingerprint density at radius 2 is 1.62 bits per heavy atom. The molecule has 0 spiro atoms. The monoisotopic (exact) mass is 327 g/mol. The standard InChI is InChI=1S/C21H30N2O/c1-15-3-5-16(6-4-15)13-23(2)14-20(24)22-21-10-17-7-18(11-21)9-19(8-17)12-21/h3-6,17-19H,7-14H2,1-2H3,(H,22,24)/p+1. The molecule has 4 aliphatic rings. The summed E-state index contributed by atoms with van der Waals surface area (Å²) < 4.78 is 0. The molecule has 130 valence electrons. The lowest BCUT2D eigenvalue weighted by Crippen LogP contribution is -3.09. The van der Waals surface area contributed by atoms with Gasteiger partial charge in [0.25, 0.3) is 5.91 Å². The third kappa shape index (κ3) is 3.37. The highest BCUT2D eigenvalue weighted by Crippen LogP contribution is 2.55. The summed E-state index contributed by atoms with van der Waals surface area (Å²) in [6, 6.07) is 8.65. The van der Waals surface area contributed by atoms with Crippen LogP contribution in [0.5, 0.6) is 0 Å². The molecule has 24 heavy (non-hydrogen) atoms. The molecule has 3 heteroatoms. The van der Waals surface area contributed by atoms with Crippen LogP contribution in [0.3, 0.4) is 0 Å². The first-order chi connectivity index (χ1) is 11.5. The summed E-state index contributed by atoms with van der Waals surface area (Å²) in [4.78, 5) is 13.9. The van der Waals surface area contributed by atoms with Gasteiger partial charge in [-0.05, 0) is 63.2 Å². The number of nitrogens with one attached hydrogen (secondary N) is 2. The summed E-state index contributed by atoms with van der Waals surface area (Å²) >= 11 is 0. The van der Waals surface area contributed by atoms with Crippen molar-refractivity contribution in [3.8, 4) is 0 Å². The van der Waals surface area contributed by atoms with E-state index in [1.54, 1.807) is 0 Å². The van der Waals surface area contributed by atoms with Crippen LogP contribution in [0.4, 0.5) is 0 Å². The van der Waals surface area contributed by atoms with Gasteiger partial charge >= 0.3 is 0 Å². The van der Waals surface area contributed by atoms with Crippen molar-refractivity contribution in [2.24, 2.45) is 17.8 Å². The predicted molar refractivity (Wildman–Crippen MR) is 95.7 cm³/mol. The molecule has 1 atom stereocenters. The molecule has 0 aliphatic heterocycles. The van der Waals surface area contributed by atoms with Crippen LogP contribution in [-0.2, 0) is 11.3 Å². The third-order valence-corrected chi connectivity index (χ3v) is 6.53. The molecule has 4 aliphatic carbocycles. The Balaban J connectivity index is 1.32. The molecule has 0 heterocycles. The fourth-order valence-electron chi connectivity index (χ4n) is 5.99. The average Bonchev–Trinajstić information content (AvgIpc) is 2.47. The second-order valence-electron chi connectivity index (χ2n) is 9.04. The van der Waals surface area contributed by atoms with E-state index < -0.39 is 0 Å². The molecular weight excluding hydrogens is 296 g/mol. The summed E-state index contributed by atoms with van der Waals surface area (Å²) in [5.41, 5.74) is 2.74. The van der Waals surface area contributed by atoms with Gasteiger partial charge in [0.05, 0.1) is 7.05 Å². The van der Waals surface area contributed by atoms with Crippen LogP contribution in [0.2, 0.25) is 0 Å². The Labute approximate surface area is 145 Å². The Kier molecular flexibility index (Phi) is 4.16. The molecule has 4 fully saturated rings. The van der Waals surface area contributed by atoms with Gasteiger partial charge in [-0.3, -0.25) is 4.79 Å². The van der Waals surface area contributed by atoms with Gasteiger partial charge in [0.15, 0.2) is 6.54 Å². The Morgan fingerprint density at radius 3 is 2.17 bits per heavy atom. The van der Waals surface area contributed by atoms with Crippen LogP contribution in [0, 0.1) is 24.7 Å². The zero-order valence-corrected chi connectivity index (χ0v) is 15.1. The van der Waals surface area contributed by atoms with Crippen molar-refractivity contribution in [3.63, 3.8) is 0 Å². The number of hydrogen-bond donors (Lipinski definition) is 2. The largest absolute Gasteiger partial charge is 0.346 e. The number of likely N-dealkylation sites (N-methyl/N-ethyl adjacent to an activating group) is 1. The summed E-state index contributed by atoms with van der Waals surface area (Å²) in [7, 11) is 2.12. The molecule has 1 amide bonds. The number of carbonyl (C=O) groups is 1. The normalized spacial score (nSPS) is 35.0. The van der Waals surface area contributed by atoms with E-state index >= 15 is 0 Å². The Morgan fingerprint density at radius 1 is 1.08 bits per heavy atom. The molecule has 0 radical (unpaired) electrons. The van der Waals surface area contributed by atoms with Crippen molar-refractivity contribution in [1.29, 1.82) is 0 Å². The minimum atomic E-state index is 0.149. The smallest absolute Gasteiger partial charge is 0.275 e. The minimum Gasteiger partial charge on any atom is -0.346 e. The zero-order chi connectivity index (χ0) is 16.7. The van der Waals surface area contributed by atoms with E-state index in [2.05, 4.69) is 43.6 Å². The first kappa shape index (κ1) is 16.1. The lowest BCUT2D eigenvalue weighted by molar-refractivity contribution is -0.885. The van der Waals surface area contributed by atoms with Gasteiger partial charge in [-0.1, -0.05) is 29.8 Å². The molecule has 3 nitrogen and oxygen atoms in total. The summed E-state index contributed by atoms with van der Waals surface area (Å²) in [6.07, 6.45) is 7.99. The van der Waals surface area contributed by atoms with Crippen LogP contribution >= 0.6 is 0 Å². The average molecular weight is 327 g/mol. The SMILES string of the molecule is Cc1ccc(C[NH+](C)CC(=O)NC23CC4CC(CC(C4)C2)C3)cc1. The van der Waals surface area contributed by atoms with Crippen LogP contribution < -0.4 is 10.2 Å². The second kappa shape index (κ2) is 6.18. The Bertz CT molecular complexity index is 571. The van der Waals surface area contributed by atoms with Gasteiger partial charge in [-0.25, -0.2) is 0 Å². The molecule has 5 rings (SSSR count). The molecule has 2 N–H and O–H groups in total. The minimum absolute atomic E-state index is 0.149. The highest BCUT2D eigenvalue weighted by molar-refractivity contribution is 5.77. The highest BCUT2D eigenvalue weighted by Gasteiger charge is 2.51. The van der Waals surface area contributed by atoms with E-state index in [0.29, 0.717) is 6.54 Å². The van der Waals surface area contributed by atoms with E-state index in [-0.39, 0.29) is 11.4 Å². The van der Waals surface area contributed by atoms with Gasteiger partial charge in [0.2, 0.25) is 0 Å². The van der Waals surface area contributed by atoms with E-state index in [9.17, 15) is 4.79 Å². The zero-order valence-electron chi connectivity index (χ0n) is 15.1. The summed E-state index contributed by atoms with van der Waals surface area (Å²) in [5, 5.41) is 3.49. The number of benzene rings is 1. The lowest BCUT2D eigenvalue weighted by atomic mass is 9.53. The molecule has 1 aromatic rings. The number of quaternary nitrogens is 1. The van der Waals surface area contributed by atoms with Gasteiger partial charge in [-0.15, -0.1) is 0 Å². The highest BCUT2D eigenvalue weighted by atomic mass is 16.2. The first-order valence-electron chi connectivity index (χ1n) is 9.67. The van der Waals surface area contributed by atoms with Crippen molar-refractivity contribution in [2.45, 2.75) is 57.5 Å². The van der Waals surface area contributed by atoms with Crippen molar-refractivity contribution in [1.82, 2.24) is 5.32 Å². The van der Waals surface area contributed by atoms with Gasteiger partial charge in [-0.2, -0.15) is 0 Å². The maximum atomic E-state index is 12.7. The topological polar surface area (TPSA) is 33.5 Å². The molecule has 1 aromatic carbocycles. The summed E-state index contributed by atoms with van der Waals surface area (Å²) in [6.45, 7) is 3.60. The van der Waals surface area contributed by atoms with Crippen LogP contribution in [0.15, 0.2) is 24.3 Å². The lowest BCUT2D eigenvalue weighted by Gasteiger charge is -2.56. The number of carbonyl (C=O) groups excluding carboxylic acids is 1. The third-order valence-electron chi connectivity index (χ3n) is 6.53. The van der Waals surface area contributed by atoms with Crippen molar-refractivity contribution < 1.29 is 9.69 Å². The fraction of sp³-hybridized carbons (Fsp3) is 0.667. The number of amides is 1. The van der Waals surface area contributed by atoms with Crippen LogP contribution in [-0.4, -0.2) is 25.0 Å². The van der Waals surface area contributed by atoms with Crippen molar-refractivity contribution in [3.05, 3.63) is 35.4 Å². The number of rotatable bonds is 5. The van der Waals surface area contributed by atoms with Gasteiger partial charge in [0, 0.05) is 11.1 Å². The quantitative estimate of drug-likeness (QED) is 0.853. The summed E-state index contributed by atoms with van der Waals surface area (Å²) in [5.74, 6) is 2.90. The van der Waals surface area contributed by atoms with Gasteiger partial charge < -0.3 is 10.2 Å². The van der Waals surface area contributed by atoms with E-state index in [1.165, 1.54) is 54.6 Å². The number of aryl methyl sites for hydroxylation is 1. The Hall–Kier alpha value is -1.35. The molecule has 1 unspecified atom stereocenters. The molecule has 4 bridgehead atoms. The predicted octanol–water partition coefficient (Wildman–Crippen LogP) is 2.09. The van der Waals surface area contributed by atoms with Crippen LogP contribution in [0.1, 0.15) is 49.7 Å². The van der Waals surface area contributed by atoms with Crippen molar-refractivity contribution in [2.75, 3.05) is 13.6 Å². The van der Waals surface area contributed by atoms with Crippen molar-refractivity contribution >= 4 is 5.91 Å². The fourth-order valence-corrected chi connectivity index (χ4v) is 5.99. The molecule has 0 aromatic heterocycles. The first-order valence-corrected chi connectivity index (χ1v) is 9.67. The van der Waals surface area contributed by atoms with Crippen LogP contribution in [0.25, 0.3) is 0 Å². The maximum Gasteiger partial charge on any atom is 0.275 e. The van der Waals surface area contributed by atoms with E-state index in [1.807, 2.05) is 0 Å². The maximum absolute atomic E-state index is 12.7.